The van der Waals surface area contributed by atoms with E-state index in [0.717, 1.165) is 12.0 Å². The van der Waals surface area contributed by atoms with E-state index in [-0.39, 0.29) is 0 Å². The predicted octanol–water partition coefficient (Wildman–Crippen LogP) is 0.154. The number of aliphatic hydroxyl groups excluding tert-OH is 1. The number of quaternary nitrogens is 1. The average molecular weight is 399 g/mol. The average Bonchev–Trinajstić information content (AvgIpc) is 3.22. The summed E-state index contributed by atoms with van der Waals surface area (Å²) in [5.41, 5.74) is -0.853. The van der Waals surface area contributed by atoms with Crippen molar-refractivity contribution in [1.82, 2.24) is 0 Å². The number of aliphatic hydroxyl groups is 1. The first kappa shape index (κ1) is 19.2. The molecule has 0 aromatic heterocycles. The van der Waals surface area contributed by atoms with Crippen LogP contribution in [0.15, 0.2) is 54.6 Å². The maximum atomic E-state index is 13.9. The van der Waals surface area contributed by atoms with Crippen LogP contribution in [0.3, 0.4) is 0 Å². The first-order chi connectivity index (χ1) is 13.9. The fourth-order valence-electron chi connectivity index (χ4n) is 4.57. The van der Waals surface area contributed by atoms with Crippen molar-refractivity contribution in [3.8, 4) is 0 Å². The highest BCUT2D eigenvalue weighted by Gasteiger charge is 2.72. The number of carbonyl (C=O) groups excluding carboxylic acids is 3. The van der Waals surface area contributed by atoms with E-state index < -0.39 is 53.6 Å². The molecule has 0 bridgehead atoms. The molecule has 2 aliphatic rings. The van der Waals surface area contributed by atoms with Gasteiger partial charge in [-0.25, -0.2) is 14.1 Å². The normalized spacial score (nSPS) is 28.5. The van der Waals surface area contributed by atoms with Crippen LogP contribution in [0, 0.1) is 17.7 Å². The smallest absolute Gasteiger partial charge is 0.371 e. The molecule has 2 heterocycles. The van der Waals surface area contributed by atoms with Gasteiger partial charge in [0.15, 0.2) is 0 Å². The van der Waals surface area contributed by atoms with Crippen molar-refractivity contribution in [2.45, 2.75) is 11.6 Å². The molecule has 2 saturated heterocycles. The third-order valence-corrected chi connectivity index (χ3v) is 5.84. The van der Waals surface area contributed by atoms with Gasteiger partial charge in [-0.1, -0.05) is 30.3 Å². The zero-order valence-electron chi connectivity index (χ0n) is 15.6. The van der Waals surface area contributed by atoms with E-state index in [2.05, 4.69) is 0 Å². The molecule has 2 fully saturated rings. The molecule has 7 nitrogen and oxygen atoms in total. The molecular weight excluding hydrogens is 379 g/mol. The summed E-state index contributed by atoms with van der Waals surface area (Å²) >= 11 is 0. The van der Waals surface area contributed by atoms with Crippen LogP contribution in [0.4, 0.5) is 10.1 Å². The molecule has 2 amide bonds. The van der Waals surface area contributed by atoms with Crippen molar-refractivity contribution in [1.29, 1.82) is 0 Å². The van der Waals surface area contributed by atoms with Crippen molar-refractivity contribution in [3.05, 3.63) is 66.0 Å². The van der Waals surface area contributed by atoms with Gasteiger partial charge in [-0.05, 0) is 24.3 Å². The molecule has 0 aliphatic carbocycles. The summed E-state index contributed by atoms with van der Waals surface area (Å²) in [4.78, 5) is 40.4. The summed E-state index contributed by atoms with van der Waals surface area (Å²) in [6, 6.07) is 13.3. The van der Waals surface area contributed by atoms with Crippen LogP contribution in [0.2, 0.25) is 0 Å². The number of nitrogens with two attached hydrogens (primary N) is 1. The number of carbonyl (C=O) groups is 3. The molecule has 3 N–H and O–H groups in total. The Morgan fingerprint density at radius 1 is 1.17 bits per heavy atom. The van der Waals surface area contributed by atoms with Crippen molar-refractivity contribution < 1.29 is 33.9 Å². The zero-order valence-corrected chi connectivity index (χ0v) is 15.6. The second-order valence-electron chi connectivity index (χ2n) is 7.29. The molecule has 29 heavy (non-hydrogen) atoms. The lowest BCUT2D eigenvalue weighted by atomic mass is 9.79. The van der Waals surface area contributed by atoms with Gasteiger partial charge in [-0.15, -0.1) is 0 Å². The van der Waals surface area contributed by atoms with Gasteiger partial charge in [-0.2, -0.15) is 0 Å². The minimum atomic E-state index is -1.69. The Labute approximate surface area is 166 Å². The van der Waals surface area contributed by atoms with Crippen LogP contribution in [0.1, 0.15) is 11.6 Å². The molecule has 4 atom stereocenters. The Kier molecular flexibility index (Phi) is 4.68. The van der Waals surface area contributed by atoms with E-state index in [4.69, 9.17) is 4.74 Å². The number of hydrogen-bond acceptors (Lipinski definition) is 5. The van der Waals surface area contributed by atoms with Crippen LogP contribution >= 0.6 is 0 Å². The third-order valence-electron chi connectivity index (χ3n) is 5.84. The number of anilines is 1. The SMILES string of the molecule is COC(=O)[C@@]1(CO)[NH2+][C@@H](c2cccc(F)c2)[C@H]2C(=O)N(c3ccccc3)C(=O)[C@@H]21. The minimum Gasteiger partial charge on any atom is -0.464 e. The number of rotatable bonds is 4. The van der Waals surface area contributed by atoms with Crippen molar-refractivity contribution in [2.24, 2.45) is 11.8 Å². The lowest BCUT2D eigenvalue weighted by Gasteiger charge is -2.27. The molecule has 2 aliphatic heterocycles. The molecule has 2 aromatic rings. The second kappa shape index (κ2) is 7.06. The number of amides is 2. The van der Waals surface area contributed by atoms with E-state index in [0.29, 0.717) is 11.3 Å². The molecule has 2 aromatic carbocycles. The lowest BCUT2D eigenvalue weighted by Crippen LogP contribution is -2.99. The highest BCUT2D eigenvalue weighted by Crippen LogP contribution is 2.45. The second-order valence-corrected chi connectivity index (χ2v) is 7.29. The Morgan fingerprint density at radius 2 is 1.90 bits per heavy atom. The van der Waals surface area contributed by atoms with E-state index in [1.54, 1.807) is 36.4 Å². The monoisotopic (exact) mass is 399 g/mol. The molecule has 150 valence electrons. The van der Waals surface area contributed by atoms with Gasteiger partial charge >= 0.3 is 5.97 Å². The summed E-state index contributed by atoms with van der Waals surface area (Å²) < 4.78 is 18.7. The van der Waals surface area contributed by atoms with Gasteiger partial charge in [0.1, 0.15) is 30.3 Å². The molecule has 4 rings (SSSR count). The van der Waals surface area contributed by atoms with Crippen molar-refractivity contribution >= 4 is 23.5 Å². The lowest BCUT2D eigenvalue weighted by molar-refractivity contribution is -0.735. The van der Waals surface area contributed by atoms with E-state index in [9.17, 15) is 23.9 Å². The zero-order chi connectivity index (χ0) is 20.8. The number of benzene rings is 2. The maximum absolute atomic E-state index is 13.9. The van der Waals surface area contributed by atoms with E-state index >= 15 is 0 Å². The Bertz CT molecular complexity index is 982. The van der Waals surface area contributed by atoms with Gasteiger partial charge in [-0.3, -0.25) is 9.59 Å². The predicted molar refractivity (Wildman–Crippen MR) is 98.8 cm³/mol. The molecule has 0 spiro atoms. The number of nitrogens with zero attached hydrogens (tertiary/aromatic N) is 1. The van der Waals surface area contributed by atoms with Crippen LogP contribution in [-0.4, -0.2) is 42.1 Å². The number of ether oxygens (including phenoxy) is 1. The molecule has 0 unspecified atom stereocenters. The number of esters is 1. The highest BCUT2D eigenvalue weighted by molar-refractivity contribution is 6.23. The summed E-state index contributed by atoms with van der Waals surface area (Å²) in [6.07, 6.45) is 0. The number of imide groups is 1. The number of methoxy groups -OCH3 is 1. The topological polar surface area (TPSA) is 101 Å². The first-order valence-corrected chi connectivity index (χ1v) is 9.18. The molecule has 0 radical (unpaired) electrons. The Morgan fingerprint density at radius 3 is 2.52 bits per heavy atom. The van der Waals surface area contributed by atoms with Gasteiger partial charge in [0.2, 0.25) is 17.4 Å². The quantitative estimate of drug-likeness (QED) is 0.563. The van der Waals surface area contributed by atoms with Crippen LogP contribution < -0.4 is 10.2 Å². The number of hydrogen-bond donors (Lipinski definition) is 2. The van der Waals surface area contributed by atoms with Gasteiger partial charge in [0, 0.05) is 5.56 Å². The number of para-hydroxylation sites is 1. The van der Waals surface area contributed by atoms with Crippen LogP contribution in [0.25, 0.3) is 0 Å². The Hall–Kier alpha value is -3.10. The van der Waals surface area contributed by atoms with Gasteiger partial charge < -0.3 is 15.2 Å². The summed E-state index contributed by atoms with van der Waals surface area (Å²) in [7, 11) is 1.16. The Balaban J connectivity index is 1.87. The molecule has 8 heteroatoms. The van der Waals surface area contributed by atoms with Gasteiger partial charge in [0.25, 0.3) is 0 Å². The fourth-order valence-corrected chi connectivity index (χ4v) is 4.57. The van der Waals surface area contributed by atoms with Crippen LogP contribution in [-0.2, 0) is 19.1 Å². The highest BCUT2D eigenvalue weighted by atomic mass is 19.1. The third kappa shape index (κ3) is 2.75. The summed E-state index contributed by atoms with van der Waals surface area (Å²) in [5, 5.41) is 11.6. The van der Waals surface area contributed by atoms with E-state index in [1.165, 1.54) is 23.5 Å². The standard InChI is InChI=1S/C21H19FN2O5/c1-29-20(28)21(11-25)16-15(17(23-21)12-6-5-7-13(22)10-12)18(26)24(19(16)27)14-8-3-2-4-9-14/h2-10,15-17,23,25H,11H2,1H3/p+1/t15-,16+,17-,21-/m0/s1. The maximum Gasteiger partial charge on any atom is 0.371 e. The fraction of sp³-hybridized carbons (Fsp3) is 0.286. The summed E-state index contributed by atoms with van der Waals surface area (Å²) in [5.74, 6) is -4.46. The van der Waals surface area contributed by atoms with Gasteiger partial charge in [0.05, 0.1) is 12.8 Å². The summed E-state index contributed by atoms with van der Waals surface area (Å²) in [6.45, 7) is -0.700. The minimum absolute atomic E-state index is 0.381. The number of halogens is 1. The first-order valence-electron chi connectivity index (χ1n) is 9.18. The van der Waals surface area contributed by atoms with Crippen molar-refractivity contribution in [3.63, 3.8) is 0 Å². The number of fused-ring (bicyclic) bond motifs is 1. The largest absolute Gasteiger partial charge is 0.464 e. The van der Waals surface area contributed by atoms with Crippen molar-refractivity contribution in [2.75, 3.05) is 18.6 Å². The molecule has 0 saturated carbocycles. The molecular formula is C21H20FN2O5+. The van der Waals surface area contributed by atoms with E-state index in [1.807, 2.05) is 0 Å². The van der Waals surface area contributed by atoms with Crippen LogP contribution in [0.5, 0.6) is 0 Å².